The SMILES string of the molecule is CCOC(=O)C1=C(C)N=c2s/c(=C\c3cc(C(C)C)c(OC)cc3C)c(=O)n2[C@@H]1c1cc(Cl)ccc1OC. The Bertz CT molecular complexity index is 1620. The first kappa shape index (κ1) is 27.7. The summed E-state index contributed by atoms with van der Waals surface area (Å²) in [5.74, 6) is 1.02. The molecule has 0 amide bonds. The summed E-state index contributed by atoms with van der Waals surface area (Å²) in [6.45, 7) is 9.86. The topological polar surface area (TPSA) is 79.1 Å². The second-order valence-electron chi connectivity index (χ2n) is 9.29. The van der Waals surface area contributed by atoms with Crippen molar-refractivity contribution in [2.24, 2.45) is 4.99 Å². The van der Waals surface area contributed by atoms with Crippen molar-refractivity contribution in [2.45, 2.75) is 46.6 Å². The smallest absolute Gasteiger partial charge is 0.338 e. The molecule has 1 aliphatic rings. The summed E-state index contributed by atoms with van der Waals surface area (Å²) < 4.78 is 18.6. The van der Waals surface area contributed by atoms with Gasteiger partial charge in [-0.15, -0.1) is 0 Å². The van der Waals surface area contributed by atoms with Crippen LogP contribution in [0.4, 0.5) is 0 Å². The van der Waals surface area contributed by atoms with Crippen LogP contribution in [0.25, 0.3) is 6.08 Å². The molecule has 4 rings (SSSR count). The minimum absolute atomic E-state index is 0.189. The van der Waals surface area contributed by atoms with Gasteiger partial charge in [0.15, 0.2) is 4.80 Å². The second-order valence-corrected chi connectivity index (χ2v) is 10.7. The Hall–Kier alpha value is -3.36. The van der Waals surface area contributed by atoms with E-state index in [1.807, 2.05) is 19.1 Å². The fourth-order valence-corrected chi connectivity index (χ4v) is 5.86. The zero-order valence-electron chi connectivity index (χ0n) is 22.5. The quantitative estimate of drug-likeness (QED) is 0.388. The minimum atomic E-state index is -0.815. The Balaban J connectivity index is 2.01. The molecule has 3 aromatic rings. The number of thiazole rings is 1. The predicted octanol–water partition coefficient (Wildman–Crippen LogP) is 4.90. The Morgan fingerprint density at radius 2 is 1.87 bits per heavy atom. The van der Waals surface area contributed by atoms with E-state index in [1.54, 1.807) is 39.2 Å². The van der Waals surface area contributed by atoms with E-state index in [-0.39, 0.29) is 23.7 Å². The van der Waals surface area contributed by atoms with Gasteiger partial charge in [0, 0.05) is 10.6 Å². The van der Waals surface area contributed by atoms with Crippen molar-refractivity contribution in [1.29, 1.82) is 0 Å². The van der Waals surface area contributed by atoms with Crippen LogP contribution in [0.3, 0.4) is 0 Å². The van der Waals surface area contributed by atoms with Gasteiger partial charge in [0.25, 0.3) is 5.56 Å². The van der Waals surface area contributed by atoms with Crippen LogP contribution in [-0.2, 0) is 9.53 Å². The van der Waals surface area contributed by atoms with Crippen molar-refractivity contribution >= 4 is 35.0 Å². The summed E-state index contributed by atoms with van der Waals surface area (Å²) in [6, 6.07) is 8.37. The molecular formula is C29H31ClN2O5S. The predicted molar refractivity (Wildman–Crippen MR) is 150 cm³/mol. The van der Waals surface area contributed by atoms with Crippen LogP contribution in [-0.4, -0.2) is 31.4 Å². The van der Waals surface area contributed by atoms with Crippen molar-refractivity contribution in [3.8, 4) is 11.5 Å². The molecular weight excluding hydrogens is 524 g/mol. The van der Waals surface area contributed by atoms with E-state index in [1.165, 1.54) is 23.0 Å². The molecule has 7 nitrogen and oxygen atoms in total. The summed E-state index contributed by atoms with van der Waals surface area (Å²) in [5.41, 5.74) is 4.01. The van der Waals surface area contributed by atoms with Crippen LogP contribution in [0, 0.1) is 6.92 Å². The van der Waals surface area contributed by atoms with E-state index in [4.69, 9.17) is 25.8 Å². The number of allylic oxidation sites excluding steroid dienone is 1. The highest BCUT2D eigenvalue weighted by molar-refractivity contribution is 7.07. The number of hydrogen-bond donors (Lipinski definition) is 0. The maximum atomic E-state index is 14.0. The van der Waals surface area contributed by atoms with Crippen molar-refractivity contribution in [3.05, 3.63) is 88.6 Å². The number of esters is 1. The number of fused-ring (bicyclic) bond motifs is 1. The van der Waals surface area contributed by atoms with Crippen LogP contribution in [0.2, 0.25) is 5.02 Å². The number of methoxy groups -OCH3 is 2. The molecule has 0 saturated heterocycles. The number of aromatic nitrogens is 1. The molecule has 0 saturated carbocycles. The number of carbonyl (C=O) groups is 1. The van der Waals surface area contributed by atoms with E-state index < -0.39 is 12.0 Å². The zero-order valence-corrected chi connectivity index (χ0v) is 24.1. The third-order valence-corrected chi connectivity index (χ3v) is 7.75. The third-order valence-electron chi connectivity index (χ3n) is 6.53. The fraction of sp³-hybridized carbons (Fsp3) is 0.345. The molecule has 0 bridgehead atoms. The average Bonchev–Trinajstić information content (AvgIpc) is 3.18. The van der Waals surface area contributed by atoms with Gasteiger partial charge in [0.1, 0.15) is 17.5 Å². The van der Waals surface area contributed by atoms with Crippen molar-refractivity contribution in [2.75, 3.05) is 20.8 Å². The molecule has 0 radical (unpaired) electrons. The van der Waals surface area contributed by atoms with E-state index in [0.717, 1.165) is 22.4 Å². The molecule has 0 N–H and O–H groups in total. The molecule has 1 atom stereocenters. The lowest BCUT2D eigenvalue weighted by Crippen LogP contribution is -2.40. The first-order valence-corrected chi connectivity index (χ1v) is 13.5. The summed E-state index contributed by atoms with van der Waals surface area (Å²) in [7, 11) is 3.20. The van der Waals surface area contributed by atoms with E-state index in [0.29, 0.717) is 31.4 Å². The normalized spacial score (nSPS) is 15.4. The number of aryl methyl sites for hydroxylation is 1. The summed E-state index contributed by atoms with van der Waals surface area (Å²) in [4.78, 5) is 32.3. The van der Waals surface area contributed by atoms with Gasteiger partial charge in [-0.1, -0.05) is 36.8 Å². The summed E-state index contributed by atoms with van der Waals surface area (Å²) in [6.07, 6.45) is 1.88. The largest absolute Gasteiger partial charge is 0.496 e. The van der Waals surface area contributed by atoms with Crippen molar-refractivity contribution in [3.63, 3.8) is 0 Å². The first-order valence-electron chi connectivity index (χ1n) is 12.3. The van der Waals surface area contributed by atoms with Crippen LogP contribution in [0.15, 0.2) is 51.4 Å². The highest BCUT2D eigenvalue weighted by Gasteiger charge is 2.35. The van der Waals surface area contributed by atoms with Gasteiger partial charge in [0.05, 0.1) is 36.6 Å². The van der Waals surface area contributed by atoms with Crippen molar-refractivity contribution in [1.82, 2.24) is 4.57 Å². The first-order chi connectivity index (χ1) is 18.1. The third kappa shape index (κ3) is 5.02. The number of rotatable bonds is 7. The highest BCUT2D eigenvalue weighted by atomic mass is 35.5. The molecule has 1 aliphatic heterocycles. The Morgan fingerprint density at radius 3 is 2.50 bits per heavy atom. The van der Waals surface area contributed by atoms with Gasteiger partial charge in [-0.2, -0.15) is 0 Å². The number of carbonyl (C=O) groups excluding carboxylic acids is 1. The molecule has 0 aliphatic carbocycles. The number of nitrogens with zero attached hydrogens (tertiary/aromatic N) is 2. The number of ether oxygens (including phenoxy) is 3. The van der Waals surface area contributed by atoms with Crippen LogP contribution in [0.1, 0.15) is 61.9 Å². The standard InChI is InChI=1S/C29H31ClN2O5S/c1-8-37-28(34)25-17(5)31-29-32(26(25)21-14-19(30)9-10-22(21)35-6)27(33)24(38-29)13-18-12-20(15(2)3)23(36-7)11-16(18)4/h9-15,26H,8H2,1-7H3/b24-13-/t26-/m1/s1. The molecule has 0 unspecified atom stereocenters. The zero-order chi connectivity index (χ0) is 27.7. The van der Waals surface area contributed by atoms with E-state index in [9.17, 15) is 9.59 Å². The van der Waals surface area contributed by atoms with Gasteiger partial charge in [-0.05, 0) is 79.8 Å². The fourth-order valence-electron chi connectivity index (χ4n) is 4.65. The maximum Gasteiger partial charge on any atom is 0.338 e. The summed E-state index contributed by atoms with van der Waals surface area (Å²) in [5, 5.41) is 0.455. The highest BCUT2D eigenvalue weighted by Crippen LogP contribution is 2.37. The molecule has 2 heterocycles. The lowest BCUT2D eigenvalue weighted by molar-refractivity contribution is -0.139. The van der Waals surface area contributed by atoms with E-state index >= 15 is 0 Å². The van der Waals surface area contributed by atoms with Crippen LogP contribution < -0.4 is 24.4 Å². The van der Waals surface area contributed by atoms with Crippen molar-refractivity contribution < 1.29 is 19.0 Å². The molecule has 0 spiro atoms. The van der Waals surface area contributed by atoms with Crippen LogP contribution in [0.5, 0.6) is 11.5 Å². The number of halogens is 1. The van der Waals surface area contributed by atoms with Crippen LogP contribution >= 0.6 is 22.9 Å². The monoisotopic (exact) mass is 554 g/mol. The van der Waals surface area contributed by atoms with Gasteiger partial charge in [0.2, 0.25) is 0 Å². The lowest BCUT2D eigenvalue weighted by Gasteiger charge is -2.26. The molecule has 38 heavy (non-hydrogen) atoms. The van der Waals surface area contributed by atoms with Gasteiger partial charge in [-0.3, -0.25) is 9.36 Å². The maximum absolute atomic E-state index is 14.0. The lowest BCUT2D eigenvalue weighted by atomic mass is 9.95. The van der Waals surface area contributed by atoms with Gasteiger partial charge in [-0.25, -0.2) is 9.79 Å². The average molecular weight is 555 g/mol. The minimum Gasteiger partial charge on any atom is -0.496 e. The molecule has 1 aromatic heterocycles. The Labute approximate surface area is 230 Å². The summed E-state index contributed by atoms with van der Waals surface area (Å²) >= 11 is 7.64. The van der Waals surface area contributed by atoms with E-state index in [2.05, 4.69) is 24.9 Å². The van der Waals surface area contributed by atoms with Gasteiger partial charge < -0.3 is 14.2 Å². The Kier molecular flexibility index (Phi) is 8.13. The molecule has 2 aromatic carbocycles. The number of benzene rings is 2. The Morgan fingerprint density at radius 1 is 1.16 bits per heavy atom. The second kappa shape index (κ2) is 11.2. The van der Waals surface area contributed by atoms with Gasteiger partial charge >= 0.3 is 5.97 Å². The molecule has 0 fully saturated rings. The molecule has 200 valence electrons. The molecule has 9 heteroatoms. The number of hydrogen-bond acceptors (Lipinski definition) is 7.